The van der Waals surface area contributed by atoms with Crippen LogP contribution in [0.2, 0.25) is 0 Å². The zero-order valence-corrected chi connectivity index (χ0v) is 13.9. The Labute approximate surface area is 129 Å². The Balaban J connectivity index is 2.19. The predicted octanol–water partition coefficient (Wildman–Crippen LogP) is 2.67. The van der Waals surface area contributed by atoms with Crippen molar-refractivity contribution in [3.63, 3.8) is 0 Å². The maximum atomic E-state index is 12.4. The summed E-state index contributed by atoms with van der Waals surface area (Å²) in [6, 6.07) is 7.08. The quantitative estimate of drug-likeness (QED) is 0.856. The summed E-state index contributed by atoms with van der Waals surface area (Å²) in [7, 11) is -3.57. The molecule has 0 radical (unpaired) electrons. The molecule has 2 heterocycles. The van der Waals surface area contributed by atoms with Crippen molar-refractivity contribution in [3.8, 4) is 0 Å². The summed E-state index contributed by atoms with van der Waals surface area (Å²) in [6.45, 7) is 7.29. The van der Waals surface area contributed by atoms with E-state index in [9.17, 15) is 8.42 Å². The minimum Gasteiger partial charge on any atom is -0.312 e. The third-order valence-electron chi connectivity index (χ3n) is 2.79. The van der Waals surface area contributed by atoms with E-state index >= 15 is 0 Å². The van der Waals surface area contributed by atoms with Gasteiger partial charge in [0.05, 0.1) is 0 Å². The lowest BCUT2D eigenvalue weighted by atomic mass is 10.2. The van der Waals surface area contributed by atoms with Gasteiger partial charge in [-0.15, -0.1) is 11.3 Å². The fourth-order valence-electron chi connectivity index (χ4n) is 1.93. The number of rotatable bonds is 6. The van der Waals surface area contributed by atoms with Gasteiger partial charge in [0.2, 0.25) is 0 Å². The van der Waals surface area contributed by atoms with E-state index in [4.69, 9.17) is 0 Å². The third-order valence-corrected chi connectivity index (χ3v) is 5.72. The van der Waals surface area contributed by atoms with E-state index in [0.717, 1.165) is 22.7 Å². The van der Waals surface area contributed by atoms with Crippen molar-refractivity contribution in [2.24, 2.45) is 0 Å². The van der Waals surface area contributed by atoms with E-state index in [1.807, 2.05) is 32.9 Å². The zero-order chi connectivity index (χ0) is 15.5. The van der Waals surface area contributed by atoms with Gasteiger partial charge in [-0.05, 0) is 50.2 Å². The van der Waals surface area contributed by atoms with Gasteiger partial charge in [0.15, 0.2) is 0 Å². The summed E-state index contributed by atoms with van der Waals surface area (Å²) in [5, 5.41) is 3.18. The average Bonchev–Trinajstić information content (AvgIpc) is 2.84. The van der Waals surface area contributed by atoms with Crippen LogP contribution in [0, 0.1) is 13.8 Å². The molecule has 0 spiro atoms. The Morgan fingerprint density at radius 2 is 2.00 bits per heavy atom. The van der Waals surface area contributed by atoms with Gasteiger partial charge < -0.3 is 5.32 Å². The monoisotopic (exact) mass is 325 g/mol. The third kappa shape index (κ3) is 4.26. The fourth-order valence-corrected chi connectivity index (χ4v) is 4.24. The maximum absolute atomic E-state index is 12.4. The lowest BCUT2D eigenvalue weighted by Crippen LogP contribution is -2.13. The Bertz CT molecular complexity index is 703. The van der Waals surface area contributed by atoms with Crippen LogP contribution in [0.3, 0.4) is 0 Å². The molecule has 21 heavy (non-hydrogen) atoms. The molecule has 2 aromatic heterocycles. The van der Waals surface area contributed by atoms with Gasteiger partial charge in [-0.3, -0.25) is 4.72 Å². The fraction of sp³-hybridized carbons (Fsp3) is 0.357. The smallest absolute Gasteiger partial charge is 0.272 e. The molecule has 7 heteroatoms. The Kier molecular flexibility index (Phi) is 4.97. The molecule has 5 nitrogen and oxygen atoms in total. The van der Waals surface area contributed by atoms with Gasteiger partial charge in [0.25, 0.3) is 10.0 Å². The van der Waals surface area contributed by atoms with Crippen LogP contribution in [-0.4, -0.2) is 19.9 Å². The van der Waals surface area contributed by atoms with E-state index in [-0.39, 0.29) is 0 Å². The standard InChI is InChI=1S/C14H19N3O2S2/c1-4-15-9-12-5-6-14(20-12)21(18,19)17-13-8-10(2)7-11(3)16-13/h5-8,15H,4,9H2,1-3H3,(H,16,17). The van der Waals surface area contributed by atoms with Crippen molar-refractivity contribution in [3.05, 3.63) is 40.4 Å². The molecule has 0 aromatic carbocycles. The van der Waals surface area contributed by atoms with E-state index in [1.54, 1.807) is 12.1 Å². The Morgan fingerprint density at radius 1 is 1.24 bits per heavy atom. The number of nitrogens with zero attached hydrogens (tertiary/aromatic N) is 1. The van der Waals surface area contributed by atoms with Crippen LogP contribution in [-0.2, 0) is 16.6 Å². The number of aromatic nitrogens is 1. The molecule has 114 valence electrons. The second-order valence-corrected chi connectivity index (χ2v) is 7.86. The van der Waals surface area contributed by atoms with Crippen LogP contribution in [0.4, 0.5) is 5.82 Å². The molecule has 0 fully saturated rings. The number of nitrogens with one attached hydrogen (secondary N) is 2. The first-order valence-corrected chi connectivity index (χ1v) is 8.98. The molecular formula is C14H19N3O2S2. The summed E-state index contributed by atoms with van der Waals surface area (Å²) in [4.78, 5) is 5.19. The molecule has 0 saturated heterocycles. The van der Waals surface area contributed by atoms with Gasteiger partial charge in [0.1, 0.15) is 10.0 Å². The minimum atomic E-state index is -3.57. The first-order valence-electron chi connectivity index (χ1n) is 6.68. The zero-order valence-electron chi connectivity index (χ0n) is 12.3. The first-order chi connectivity index (χ1) is 9.90. The Hall–Kier alpha value is -1.44. The van der Waals surface area contributed by atoms with Crippen LogP contribution in [0.25, 0.3) is 0 Å². The van der Waals surface area contributed by atoms with Gasteiger partial charge in [0, 0.05) is 17.1 Å². The number of anilines is 1. The summed E-state index contributed by atoms with van der Waals surface area (Å²) < 4.78 is 27.5. The molecule has 0 aliphatic rings. The van der Waals surface area contributed by atoms with Gasteiger partial charge in [-0.1, -0.05) is 6.92 Å². The molecule has 0 amide bonds. The topological polar surface area (TPSA) is 71.1 Å². The van der Waals surface area contributed by atoms with Crippen molar-refractivity contribution < 1.29 is 8.42 Å². The normalized spacial score (nSPS) is 11.6. The number of hydrogen-bond acceptors (Lipinski definition) is 5. The van der Waals surface area contributed by atoms with Crippen molar-refractivity contribution in [1.82, 2.24) is 10.3 Å². The van der Waals surface area contributed by atoms with Crippen LogP contribution < -0.4 is 10.0 Å². The minimum absolute atomic E-state index is 0.302. The molecule has 0 bridgehead atoms. The van der Waals surface area contributed by atoms with Crippen LogP contribution in [0.15, 0.2) is 28.5 Å². The first kappa shape index (κ1) is 15.9. The highest BCUT2D eigenvalue weighted by Crippen LogP contribution is 2.24. The lowest BCUT2D eigenvalue weighted by Gasteiger charge is -2.07. The highest BCUT2D eigenvalue weighted by molar-refractivity contribution is 7.94. The molecule has 2 rings (SSSR count). The highest BCUT2D eigenvalue weighted by Gasteiger charge is 2.17. The highest BCUT2D eigenvalue weighted by atomic mass is 32.2. The van der Waals surface area contributed by atoms with Crippen LogP contribution in [0.1, 0.15) is 23.1 Å². The largest absolute Gasteiger partial charge is 0.312 e. The predicted molar refractivity (Wildman–Crippen MR) is 86.2 cm³/mol. The van der Waals surface area contributed by atoms with Crippen molar-refractivity contribution in [2.45, 2.75) is 31.5 Å². The van der Waals surface area contributed by atoms with Crippen molar-refractivity contribution in [1.29, 1.82) is 0 Å². The molecule has 2 aromatic rings. The second-order valence-electron chi connectivity index (χ2n) is 4.78. The molecule has 0 aliphatic carbocycles. The van der Waals surface area contributed by atoms with Gasteiger partial charge in [-0.2, -0.15) is 0 Å². The number of pyridine rings is 1. The van der Waals surface area contributed by atoms with Gasteiger partial charge >= 0.3 is 0 Å². The van der Waals surface area contributed by atoms with E-state index in [0.29, 0.717) is 16.6 Å². The molecule has 0 atom stereocenters. The van der Waals surface area contributed by atoms with E-state index in [2.05, 4.69) is 15.0 Å². The van der Waals surface area contributed by atoms with E-state index < -0.39 is 10.0 Å². The number of thiophene rings is 1. The summed E-state index contributed by atoms with van der Waals surface area (Å²) in [5.41, 5.74) is 1.76. The molecule has 0 saturated carbocycles. The van der Waals surface area contributed by atoms with Crippen molar-refractivity contribution in [2.75, 3.05) is 11.3 Å². The molecule has 0 unspecified atom stereocenters. The summed E-state index contributed by atoms with van der Waals surface area (Å²) >= 11 is 1.27. The van der Waals surface area contributed by atoms with Crippen LogP contribution >= 0.6 is 11.3 Å². The second kappa shape index (κ2) is 6.55. The molecule has 2 N–H and O–H groups in total. The Morgan fingerprint density at radius 3 is 2.67 bits per heavy atom. The number of sulfonamides is 1. The summed E-state index contributed by atoms with van der Waals surface area (Å²) in [6.07, 6.45) is 0. The van der Waals surface area contributed by atoms with Crippen LogP contribution in [0.5, 0.6) is 0 Å². The van der Waals surface area contributed by atoms with Gasteiger partial charge in [-0.25, -0.2) is 13.4 Å². The number of hydrogen-bond donors (Lipinski definition) is 2. The SMILES string of the molecule is CCNCc1ccc(S(=O)(=O)Nc2cc(C)cc(C)n2)s1. The number of aryl methyl sites for hydroxylation is 2. The molecule has 0 aliphatic heterocycles. The molecular weight excluding hydrogens is 306 g/mol. The average molecular weight is 325 g/mol. The summed E-state index contributed by atoms with van der Waals surface area (Å²) in [5.74, 6) is 0.356. The van der Waals surface area contributed by atoms with E-state index in [1.165, 1.54) is 11.3 Å². The maximum Gasteiger partial charge on any atom is 0.272 e. The van der Waals surface area contributed by atoms with Crippen molar-refractivity contribution >= 4 is 27.2 Å². The lowest BCUT2D eigenvalue weighted by molar-refractivity contribution is 0.603.